The summed E-state index contributed by atoms with van der Waals surface area (Å²) in [5, 5.41) is 12.0. The fraction of sp³-hybridized carbons (Fsp3) is 0.212. The quantitative estimate of drug-likeness (QED) is 0.161. The molecular weight excluding hydrogens is 604 g/mol. The number of hydrogen-bond acceptors (Lipinski definition) is 4. The van der Waals surface area contributed by atoms with Gasteiger partial charge in [0.1, 0.15) is 19.3 Å². The van der Waals surface area contributed by atoms with Crippen molar-refractivity contribution in [2.75, 3.05) is 0 Å². The van der Waals surface area contributed by atoms with Gasteiger partial charge in [-0.3, -0.25) is 4.79 Å². The number of nitrogens with one attached hydrogen (secondary N) is 1. The Morgan fingerprint density at radius 3 is 1.64 bits per heavy atom. The van der Waals surface area contributed by atoms with Crippen LogP contribution in [-0.2, 0) is 48.0 Å². The van der Waals surface area contributed by atoms with Gasteiger partial charge in [-0.1, -0.05) is 66.7 Å². The number of carbonyl (C=O) groups is 2. The van der Waals surface area contributed by atoms with Gasteiger partial charge in [-0.15, -0.1) is 0 Å². The molecule has 0 heterocycles. The highest BCUT2D eigenvalue weighted by molar-refractivity contribution is 5.85. The number of aliphatic carboxylic acids is 1. The summed E-state index contributed by atoms with van der Waals surface area (Å²) in [5.74, 6) is -1.86. The maximum atomic E-state index is 13.2. The zero-order chi connectivity index (χ0) is 32.6. The summed E-state index contributed by atoms with van der Waals surface area (Å²) in [4.78, 5) is 24.7. The van der Waals surface area contributed by atoms with Crippen LogP contribution in [0.25, 0.3) is 0 Å². The molecule has 4 aromatic rings. The average molecular weight is 632 g/mol. The van der Waals surface area contributed by atoms with Gasteiger partial charge < -0.3 is 19.9 Å². The zero-order valence-corrected chi connectivity index (χ0v) is 23.5. The normalized spacial score (nSPS) is 12.3. The van der Waals surface area contributed by atoms with E-state index in [-0.39, 0.29) is 25.7 Å². The van der Waals surface area contributed by atoms with Crippen LogP contribution in [-0.4, -0.2) is 23.0 Å². The fourth-order valence-electron chi connectivity index (χ4n) is 4.37. The molecule has 0 bridgehead atoms. The van der Waals surface area contributed by atoms with E-state index in [1.165, 1.54) is 0 Å². The Bertz CT molecular complexity index is 1580. The van der Waals surface area contributed by atoms with Crippen molar-refractivity contribution < 1.29 is 50.5 Å². The summed E-state index contributed by atoms with van der Waals surface area (Å²) in [6, 6.07) is 22.5. The zero-order valence-electron chi connectivity index (χ0n) is 23.5. The summed E-state index contributed by atoms with van der Waals surface area (Å²) in [7, 11) is 0. The van der Waals surface area contributed by atoms with E-state index in [1.54, 1.807) is 18.2 Å². The highest BCUT2D eigenvalue weighted by atomic mass is 19.4. The number of benzene rings is 4. The first-order chi connectivity index (χ1) is 21.3. The molecule has 0 radical (unpaired) electrons. The van der Waals surface area contributed by atoms with Gasteiger partial charge >= 0.3 is 18.3 Å². The van der Waals surface area contributed by atoms with Crippen LogP contribution in [0.3, 0.4) is 0 Å². The van der Waals surface area contributed by atoms with Gasteiger partial charge in [-0.2, -0.15) is 26.3 Å². The third kappa shape index (κ3) is 9.75. The molecule has 4 rings (SSSR count). The SMILES string of the molecule is O=C(Cc1cc(C(F)(F)F)cc(C(F)(F)F)c1)N[C@@H](Cc1ccc(OCc2ccccc2)c(OCc2ccccc2)c1)C(=O)O. The lowest BCUT2D eigenvalue weighted by molar-refractivity contribution is -0.143. The van der Waals surface area contributed by atoms with Crippen molar-refractivity contribution in [1.82, 2.24) is 5.32 Å². The number of amides is 1. The molecule has 0 aliphatic rings. The largest absolute Gasteiger partial charge is 0.485 e. The Kier molecular flexibility index (Phi) is 10.4. The number of carboxylic acid groups (broad SMARTS) is 1. The Labute approximate surface area is 254 Å². The van der Waals surface area contributed by atoms with Crippen molar-refractivity contribution in [3.8, 4) is 11.5 Å². The standard InChI is InChI=1S/C33H27F6NO5/c34-32(35,36)25-13-24(14-26(18-25)33(37,38)39)17-30(41)40-27(31(42)43)15-23-11-12-28(44-19-21-7-3-1-4-8-21)29(16-23)45-20-22-9-5-2-6-10-22/h1-14,16,18,27H,15,17,19-20H2,(H,40,41)(H,42,43)/t27-/m0/s1. The van der Waals surface area contributed by atoms with Gasteiger partial charge in [0.15, 0.2) is 11.5 Å². The van der Waals surface area contributed by atoms with Crippen molar-refractivity contribution in [2.45, 2.75) is 44.4 Å². The minimum absolute atomic E-state index is 0.0495. The third-order valence-corrected chi connectivity index (χ3v) is 6.57. The molecule has 0 aliphatic carbocycles. The first kappa shape index (κ1) is 32.9. The number of hydrogen-bond donors (Lipinski definition) is 2. The first-order valence-corrected chi connectivity index (χ1v) is 13.5. The molecule has 1 amide bonds. The predicted molar refractivity (Wildman–Crippen MR) is 151 cm³/mol. The second-order valence-corrected chi connectivity index (χ2v) is 10.1. The molecule has 4 aromatic carbocycles. The second kappa shape index (κ2) is 14.2. The fourth-order valence-corrected chi connectivity index (χ4v) is 4.37. The summed E-state index contributed by atoms with van der Waals surface area (Å²) >= 11 is 0. The monoisotopic (exact) mass is 631 g/mol. The van der Waals surface area contributed by atoms with Crippen molar-refractivity contribution in [3.05, 3.63) is 130 Å². The lowest BCUT2D eigenvalue weighted by Crippen LogP contribution is -2.43. The Morgan fingerprint density at radius 1 is 0.644 bits per heavy atom. The summed E-state index contributed by atoms with van der Waals surface area (Å²) in [6.07, 6.45) is -11.4. The smallest absolute Gasteiger partial charge is 0.416 e. The maximum Gasteiger partial charge on any atom is 0.416 e. The van der Waals surface area contributed by atoms with E-state index in [9.17, 15) is 41.0 Å². The van der Waals surface area contributed by atoms with Crippen LogP contribution in [0.2, 0.25) is 0 Å². The molecular formula is C33H27F6NO5. The number of carboxylic acids is 1. The van der Waals surface area contributed by atoms with Gasteiger partial charge in [-0.05, 0) is 52.6 Å². The molecule has 0 unspecified atom stereocenters. The number of halogens is 6. The van der Waals surface area contributed by atoms with Crippen LogP contribution in [0.15, 0.2) is 97.1 Å². The van der Waals surface area contributed by atoms with E-state index in [2.05, 4.69) is 5.32 Å². The number of rotatable bonds is 12. The van der Waals surface area contributed by atoms with Gasteiger partial charge in [0.2, 0.25) is 5.91 Å². The minimum Gasteiger partial charge on any atom is -0.485 e. The predicted octanol–water partition coefficient (Wildman–Crippen LogP) is 7.24. The van der Waals surface area contributed by atoms with Crippen molar-refractivity contribution >= 4 is 11.9 Å². The van der Waals surface area contributed by atoms with Gasteiger partial charge in [0.25, 0.3) is 0 Å². The molecule has 12 heteroatoms. The van der Waals surface area contributed by atoms with Crippen molar-refractivity contribution in [3.63, 3.8) is 0 Å². The average Bonchev–Trinajstić information content (AvgIpc) is 2.99. The molecule has 0 spiro atoms. The first-order valence-electron chi connectivity index (χ1n) is 13.5. The maximum absolute atomic E-state index is 13.2. The lowest BCUT2D eigenvalue weighted by Gasteiger charge is -2.18. The van der Waals surface area contributed by atoms with Crippen LogP contribution >= 0.6 is 0 Å². The van der Waals surface area contributed by atoms with Crippen molar-refractivity contribution in [1.29, 1.82) is 0 Å². The van der Waals surface area contributed by atoms with E-state index < -0.39 is 53.4 Å². The highest BCUT2D eigenvalue weighted by Crippen LogP contribution is 2.36. The molecule has 236 valence electrons. The molecule has 0 fully saturated rings. The van der Waals surface area contributed by atoms with Gasteiger partial charge in [0, 0.05) is 6.42 Å². The molecule has 0 aromatic heterocycles. The summed E-state index contributed by atoms with van der Waals surface area (Å²) in [6.45, 7) is 0.392. The molecule has 1 atom stereocenters. The molecule has 45 heavy (non-hydrogen) atoms. The van der Waals surface area contributed by atoms with Crippen LogP contribution < -0.4 is 14.8 Å². The Morgan fingerprint density at radius 2 is 1.16 bits per heavy atom. The summed E-state index contributed by atoms with van der Waals surface area (Å²) < 4.78 is 91.2. The lowest BCUT2D eigenvalue weighted by atomic mass is 10.0. The van der Waals surface area contributed by atoms with Crippen LogP contribution in [0, 0.1) is 0 Å². The van der Waals surface area contributed by atoms with Gasteiger partial charge in [0.05, 0.1) is 17.5 Å². The van der Waals surface area contributed by atoms with Crippen LogP contribution in [0.5, 0.6) is 11.5 Å². The van der Waals surface area contributed by atoms with Gasteiger partial charge in [-0.25, -0.2) is 4.79 Å². The topological polar surface area (TPSA) is 84.9 Å². The molecule has 0 saturated heterocycles. The Hall–Kier alpha value is -5.00. The Balaban J connectivity index is 1.51. The molecule has 2 N–H and O–H groups in total. The number of alkyl halides is 6. The van der Waals surface area contributed by atoms with E-state index >= 15 is 0 Å². The van der Waals surface area contributed by atoms with E-state index in [1.807, 2.05) is 60.7 Å². The second-order valence-electron chi connectivity index (χ2n) is 10.1. The molecule has 6 nitrogen and oxygen atoms in total. The van der Waals surface area contributed by atoms with E-state index in [0.717, 1.165) is 11.1 Å². The van der Waals surface area contributed by atoms with Crippen molar-refractivity contribution in [2.24, 2.45) is 0 Å². The van der Waals surface area contributed by atoms with Crippen LogP contribution in [0.4, 0.5) is 26.3 Å². The van der Waals surface area contributed by atoms with Crippen LogP contribution in [0.1, 0.15) is 33.4 Å². The third-order valence-electron chi connectivity index (χ3n) is 6.57. The molecule has 0 aliphatic heterocycles. The minimum atomic E-state index is -5.09. The number of ether oxygens (including phenoxy) is 2. The molecule has 0 saturated carbocycles. The van der Waals surface area contributed by atoms with E-state index in [4.69, 9.17) is 9.47 Å². The summed E-state index contributed by atoms with van der Waals surface area (Å²) in [5.41, 5.74) is -1.56. The number of carbonyl (C=O) groups excluding carboxylic acids is 1. The highest BCUT2D eigenvalue weighted by Gasteiger charge is 2.37. The van der Waals surface area contributed by atoms with E-state index in [0.29, 0.717) is 29.2 Å².